The lowest BCUT2D eigenvalue weighted by Crippen LogP contribution is -2.35. The van der Waals surface area contributed by atoms with Gasteiger partial charge in [-0.3, -0.25) is 9.47 Å². The second-order valence-electron chi connectivity index (χ2n) is 8.66. The van der Waals surface area contributed by atoms with Crippen molar-refractivity contribution in [3.05, 3.63) is 58.1 Å². The zero-order valence-electron chi connectivity index (χ0n) is 18.5. The highest BCUT2D eigenvalue weighted by Gasteiger charge is 2.31. The van der Waals surface area contributed by atoms with Crippen molar-refractivity contribution in [3.63, 3.8) is 0 Å². The molecule has 2 aliphatic rings. The van der Waals surface area contributed by atoms with Gasteiger partial charge in [0.1, 0.15) is 5.82 Å². The minimum absolute atomic E-state index is 0.215. The first-order chi connectivity index (χ1) is 15.9. The standard InChI is InChI=1S/C23H24ClFN8/c1-14(10-26)32-12-17-9-18(24)3-4-20(17)33-21(13-32)29-30-22(33)16-5-7-31(8-6-16)23-27-11-19(25)15(2)28-23/h3-4,9,11,14,16H,5-8,12-13H2,1-2H3. The number of halogens is 2. The molecule has 2 aliphatic heterocycles. The molecule has 0 spiro atoms. The summed E-state index contributed by atoms with van der Waals surface area (Å²) >= 11 is 6.31. The summed E-state index contributed by atoms with van der Waals surface area (Å²) < 4.78 is 15.7. The van der Waals surface area contributed by atoms with Crippen LogP contribution in [0.1, 0.15) is 48.6 Å². The number of aromatic nitrogens is 5. The summed E-state index contributed by atoms with van der Waals surface area (Å²) in [6.45, 7) is 6.21. The maximum absolute atomic E-state index is 13.6. The molecular weight excluding hydrogens is 443 g/mol. The molecule has 0 amide bonds. The Hall–Kier alpha value is -3.09. The lowest BCUT2D eigenvalue weighted by Gasteiger charge is -2.31. The smallest absolute Gasteiger partial charge is 0.225 e. The van der Waals surface area contributed by atoms with Gasteiger partial charge >= 0.3 is 0 Å². The van der Waals surface area contributed by atoms with Crippen LogP contribution < -0.4 is 4.90 Å². The van der Waals surface area contributed by atoms with E-state index < -0.39 is 5.82 Å². The Kier molecular flexibility index (Phi) is 5.72. The van der Waals surface area contributed by atoms with E-state index in [1.54, 1.807) is 6.92 Å². The Morgan fingerprint density at radius 1 is 1.21 bits per heavy atom. The Bertz CT molecular complexity index is 1230. The highest BCUT2D eigenvalue weighted by Crippen LogP contribution is 2.34. The maximum Gasteiger partial charge on any atom is 0.225 e. The number of piperidine rings is 1. The molecule has 0 bridgehead atoms. The van der Waals surface area contributed by atoms with E-state index in [4.69, 9.17) is 11.6 Å². The largest absolute Gasteiger partial charge is 0.341 e. The van der Waals surface area contributed by atoms with Gasteiger partial charge in [0, 0.05) is 30.6 Å². The predicted octanol–water partition coefficient (Wildman–Crippen LogP) is 3.77. The minimum Gasteiger partial charge on any atom is -0.341 e. The third-order valence-electron chi connectivity index (χ3n) is 6.54. The van der Waals surface area contributed by atoms with Crippen LogP contribution in [0.15, 0.2) is 24.4 Å². The summed E-state index contributed by atoms with van der Waals surface area (Å²) in [6, 6.07) is 7.93. The SMILES string of the molecule is Cc1nc(N2CCC(c3nnc4n3-c3ccc(Cl)cc3CN(C(C)C#N)C4)CC2)ncc1F. The minimum atomic E-state index is -0.390. The molecule has 1 fully saturated rings. The average Bonchev–Trinajstić information content (AvgIpc) is 3.16. The first kappa shape index (κ1) is 21.7. The molecule has 170 valence electrons. The van der Waals surface area contributed by atoms with Crippen molar-refractivity contribution in [2.24, 2.45) is 0 Å². The number of nitrogens with zero attached hydrogens (tertiary/aromatic N) is 8. The molecule has 0 radical (unpaired) electrons. The van der Waals surface area contributed by atoms with Crippen LogP contribution in [0.2, 0.25) is 5.02 Å². The topological polar surface area (TPSA) is 86.8 Å². The molecule has 0 saturated carbocycles. The molecule has 1 atom stereocenters. The van der Waals surface area contributed by atoms with Crippen LogP contribution >= 0.6 is 11.6 Å². The number of hydrogen-bond acceptors (Lipinski definition) is 7. The van der Waals surface area contributed by atoms with Crippen LogP contribution in [0.25, 0.3) is 5.69 Å². The van der Waals surface area contributed by atoms with E-state index in [1.165, 1.54) is 6.20 Å². The van der Waals surface area contributed by atoms with Gasteiger partial charge in [-0.05, 0) is 50.5 Å². The molecule has 4 heterocycles. The molecule has 0 aliphatic carbocycles. The highest BCUT2D eigenvalue weighted by molar-refractivity contribution is 6.30. The van der Waals surface area contributed by atoms with Crippen molar-refractivity contribution in [2.45, 2.75) is 51.7 Å². The van der Waals surface area contributed by atoms with Gasteiger partial charge < -0.3 is 4.90 Å². The first-order valence-corrected chi connectivity index (χ1v) is 11.4. The summed E-state index contributed by atoms with van der Waals surface area (Å²) in [5.41, 5.74) is 2.43. The predicted molar refractivity (Wildman–Crippen MR) is 122 cm³/mol. The highest BCUT2D eigenvalue weighted by atomic mass is 35.5. The third kappa shape index (κ3) is 4.05. The summed E-state index contributed by atoms with van der Waals surface area (Å²) in [6.07, 6.45) is 2.95. The summed E-state index contributed by atoms with van der Waals surface area (Å²) in [5, 5.41) is 19.3. The van der Waals surface area contributed by atoms with Crippen LogP contribution in [-0.4, -0.2) is 48.8 Å². The van der Waals surface area contributed by atoms with Gasteiger partial charge in [-0.25, -0.2) is 14.4 Å². The first-order valence-electron chi connectivity index (χ1n) is 11.1. The fourth-order valence-electron chi connectivity index (χ4n) is 4.60. The van der Waals surface area contributed by atoms with Crippen molar-refractivity contribution >= 4 is 17.5 Å². The number of fused-ring (bicyclic) bond motifs is 3. The van der Waals surface area contributed by atoms with E-state index in [1.807, 2.05) is 25.1 Å². The van der Waals surface area contributed by atoms with Crippen molar-refractivity contribution in [2.75, 3.05) is 18.0 Å². The van der Waals surface area contributed by atoms with Crippen LogP contribution in [0.4, 0.5) is 10.3 Å². The van der Waals surface area contributed by atoms with Gasteiger partial charge in [0.25, 0.3) is 0 Å². The Labute approximate surface area is 196 Å². The summed E-state index contributed by atoms with van der Waals surface area (Å²) in [7, 11) is 0. The van der Waals surface area contributed by atoms with E-state index >= 15 is 0 Å². The van der Waals surface area contributed by atoms with Gasteiger partial charge in [0.2, 0.25) is 5.95 Å². The average molecular weight is 467 g/mol. The van der Waals surface area contributed by atoms with Gasteiger partial charge in [0.15, 0.2) is 11.6 Å². The molecular formula is C23H24ClFN8. The van der Waals surface area contributed by atoms with E-state index in [9.17, 15) is 9.65 Å². The lowest BCUT2D eigenvalue weighted by atomic mass is 9.95. The van der Waals surface area contributed by atoms with Gasteiger partial charge in [0.05, 0.1) is 36.2 Å². The molecule has 5 rings (SSSR count). The van der Waals surface area contributed by atoms with Gasteiger partial charge in [-0.2, -0.15) is 5.26 Å². The monoisotopic (exact) mass is 466 g/mol. The number of aryl methyl sites for hydroxylation is 1. The fraction of sp³-hybridized carbons (Fsp3) is 0.435. The lowest BCUT2D eigenvalue weighted by molar-refractivity contribution is 0.225. The maximum atomic E-state index is 13.6. The van der Waals surface area contributed by atoms with Gasteiger partial charge in [-0.1, -0.05) is 11.6 Å². The zero-order valence-corrected chi connectivity index (χ0v) is 19.3. The fourth-order valence-corrected chi connectivity index (χ4v) is 4.80. The van der Waals surface area contributed by atoms with Crippen LogP contribution in [-0.2, 0) is 13.1 Å². The number of nitriles is 1. The summed E-state index contributed by atoms with van der Waals surface area (Å²) in [5.74, 6) is 2.14. The zero-order chi connectivity index (χ0) is 23.1. The molecule has 33 heavy (non-hydrogen) atoms. The molecule has 10 heteroatoms. The molecule has 8 nitrogen and oxygen atoms in total. The molecule has 1 saturated heterocycles. The van der Waals surface area contributed by atoms with Gasteiger partial charge in [-0.15, -0.1) is 10.2 Å². The Balaban J connectivity index is 1.44. The van der Waals surface area contributed by atoms with E-state index in [0.717, 1.165) is 48.8 Å². The number of benzene rings is 1. The van der Waals surface area contributed by atoms with E-state index in [2.05, 4.69) is 40.6 Å². The van der Waals surface area contributed by atoms with Crippen LogP contribution in [0, 0.1) is 24.1 Å². The van der Waals surface area contributed by atoms with Crippen molar-refractivity contribution in [1.29, 1.82) is 5.26 Å². The van der Waals surface area contributed by atoms with Crippen molar-refractivity contribution in [3.8, 4) is 11.8 Å². The molecule has 1 unspecified atom stereocenters. The molecule has 0 N–H and O–H groups in total. The second-order valence-corrected chi connectivity index (χ2v) is 9.09. The Morgan fingerprint density at radius 2 is 2.00 bits per heavy atom. The number of rotatable bonds is 3. The number of anilines is 1. The van der Waals surface area contributed by atoms with Crippen molar-refractivity contribution < 1.29 is 4.39 Å². The normalized spacial score (nSPS) is 17.7. The quantitative estimate of drug-likeness (QED) is 0.580. The molecule has 2 aromatic heterocycles. The van der Waals surface area contributed by atoms with Crippen LogP contribution in [0.3, 0.4) is 0 Å². The van der Waals surface area contributed by atoms with E-state index in [0.29, 0.717) is 29.8 Å². The van der Waals surface area contributed by atoms with Crippen molar-refractivity contribution in [1.82, 2.24) is 29.6 Å². The third-order valence-corrected chi connectivity index (χ3v) is 6.77. The number of hydrogen-bond donors (Lipinski definition) is 0. The molecule has 3 aromatic rings. The second kappa shape index (κ2) is 8.69. The molecule has 1 aromatic carbocycles. The van der Waals surface area contributed by atoms with Crippen LogP contribution in [0.5, 0.6) is 0 Å². The summed E-state index contributed by atoms with van der Waals surface area (Å²) in [4.78, 5) is 12.6. The Morgan fingerprint density at radius 3 is 2.73 bits per heavy atom. The van der Waals surface area contributed by atoms with E-state index in [-0.39, 0.29) is 12.0 Å².